The van der Waals surface area contributed by atoms with Gasteiger partial charge in [0.15, 0.2) is 11.6 Å². The average Bonchev–Trinajstić information content (AvgIpc) is 3.64. The summed E-state index contributed by atoms with van der Waals surface area (Å²) in [6.45, 7) is 13.8. The molecule has 0 atom stereocenters. The van der Waals surface area contributed by atoms with E-state index >= 15 is 17.6 Å². The van der Waals surface area contributed by atoms with Crippen LogP contribution < -0.4 is 20.2 Å². The first-order valence-corrected chi connectivity index (χ1v) is 33.4. The lowest BCUT2D eigenvalue weighted by molar-refractivity contribution is 0.584. The lowest BCUT2D eigenvalue weighted by Gasteiger charge is -2.32. The summed E-state index contributed by atoms with van der Waals surface area (Å²) in [4.78, 5) is 3.90. The highest BCUT2D eigenvalue weighted by molar-refractivity contribution is 6.89. The van der Waals surface area contributed by atoms with E-state index in [2.05, 4.69) is 124 Å². The molecular weight excluding hydrogens is 1000 g/mol. The van der Waals surface area contributed by atoms with Crippen molar-refractivity contribution in [3.8, 4) is 44.5 Å². The third-order valence-electron chi connectivity index (χ3n) is 15.2. The minimum Gasteiger partial charge on any atom is -0.307 e. The van der Waals surface area contributed by atoms with E-state index in [1.54, 1.807) is 0 Å². The number of hydrogen-bond donors (Lipinski definition) is 0. The molecule has 2 nitrogen and oxygen atoms in total. The van der Waals surface area contributed by atoms with E-state index in [0.717, 1.165) is 66.7 Å². The first-order chi connectivity index (χ1) is 37.6. The molecule has 0 aliphatic rings. The zero-order valence-corrected chi connectivity index (χ0v) is 46.3. The smallest absolute Gasteiger partial charge is 0.150 e. The van der Waals surface area contributed by atoms with Crippen LogP contribution in [0.3, 0.4) is 0 Å². The topological polar surface area (TPSA) is 6.48 Å². The van der Waals surface area contributed by atoms with Gasteiger partial charge >= 0.3 is 0 Å². The molecule has 78 heavy (non-hydrogen) atoms. The zero-order chi connectivity index (χ0) is 54.0. The third-order valence-corrected chi connectivity index (χ3v) is 19.3. The predicted octanol–water partition coefficient (Wildman–Crippen LogP) is 19.8. The van der Waals surface area contributed by atoms with E-state index in [1.165, 1.54) is 22.5 Å². The molecule has 0 N–H and O–H groups in total. The predicted molar refractivity (Wildman–Crippen MR) is 327 cm³/mol. The molecule has 0 heterocycles. The van der Waals surface area contributed by atoms with Crippen molar-refractivity contribution in [2.75, 3.05) is 9.80 Å². The standard InChI is InChI=1S/C70H56F4N2Si2/c1-77(2,3)53-33-29-51(30-34-53)75(69-61(41-49(71)43-63(69)73)57-23-15-13-21-55(57)45-17-9-7-10-18-45)65-39-27-47-26-38-60-66(40-28-48-25-37-59(65)67(47)68(48)60)76(52-31-35-54(36-32-52)78(4,5)6)70-62(42-50(72)44-64(70)74)58-24-16-14-22-56(58)46-19-11-8-12-20-46/h7-44H,1-6H3. The van der Waals surface area contributed by atoms with Crippen molar-refractivity contribution >= 4 is 93.0 Å². The second-order valence-electron chi connectivity index (χ2n) is 22.2. The van der Waals surface area contributed by atoms with E-state index < -0.39 is 39.4 Å². The van der Waals surface area contributed by atoms with Crippen LogP contribution in [0.25, 0.3) is 76.8 Å². The lowest BCUT2D eigenvalue weighted by Crippen LogP contribution is -2.37. The Bertz CT molecular complexity index is 3930. The first kappa shape index (κ1) is 50.3. The maximum atomic E-state index is 17.6. The van der Waals surface area contributed by atoms with Gasteiger partial charge in [0.05, 0.1) is 38.9 Å². The van der Waals surface area contributed by atoms with Gasteiger partial charge in [-0.2, -0.15) is 0 Å². The molecule has 0 fully saturated rings. The van der Waals surface area contributed by atoms with E-state index in [0.29, 0.717) is 45.0 Å². The van der Waals surface area contributed by atoms with Gasteiger partial charge in [-0.3, -0.25) is 0 Å². The van der Waals surface area contributed by atoms with Gasteiger partial charge in [-0.25, -0.2) is 17.6 Å². The van der Waals surface area contributed by atoms with Gasteiger partial charge in [0, 0.05) is 45.4 Å². The van der Waals surface area contributed by atoms with Crippen LogP contribution in [0.1, 0.15) is 0 Å². The molecule has 12 rings (SSSR count). The zero-order valence-electron chi connectivity index (χ0n) is 44.3. The fourth-order valence-electron chi connectivity index (χ4n) is 11.3. The molecule has 0 unspecified atom stereocenters. The van der Waals surface area contributed by atoms with Crippen LogP contribution in [0.5, 0.6) is 0 Å². The monoisotopic (exact) mass is 1060 g/mol. The van der Waals surface area contributed by atoms with Crippen LogP contribution in [0.2, 0.25) is 39.3 Å². The molecular formula is C70H56F4N2Si2. The summed E-state index contributed by atoms with van der Waals surface area (Å²) in [6.07, 6.45) is 0. The van der Waals surface area contributed by atoms with Gasteiger partial charge < -0.3 is 9.80 Å². The summed E-state index contributed by atoms with van der Waals surface area (Å²) < 4.78 is 67.1. The van der Waals surface area contributed by atoms with E-state index in [1.807, 2.05) is 131 Å². The fraction of sp³-hybridized carbons (Fsp3) is 0.0857. The number of hydrogen-bond acceptors (Lipinski definition) is 2. The number of nitrogens with zero attached hydrogens (tertiary/aromatic N) is 2. The fourth-order valence-corrected chi connectivity index (χ4v) is 13.7. The van der Waals surface area contributed by atoms with Crippen LogP contribution in [-0.4, -0.2) is 16.1 Å². The molecule has 0 aliphatic carbocycles. The van der Waals surface area contributed by atoms with Gasteiger partial charge in [-0.1, -0.05) is 220 Å². The van der Waals surface area contributed by atoms with Crippen molar-refractivity contribution < 1.29 is 17.6 Å². The van der Waals surface area contributed by atoms with Crippen LogP contribution in [0, 0.1) is 23.3 Å². The Balaban J connectivity index is 1.13. The molecule has 0 saturated heterocycles. The number of anilines is 6. The van der Waals surface area contributed by atoms with Crippen molar-refractivity contribution in [2.45, 2.75) is 39.3 Å². The quantitative estimate of drug-likeness (QED) is 0.0683. The van der Waals surface area contributed by atoms with Crippen molar-refractivity contribution in [3.05, 3.63) is 254 Å². The van der Waals surface area contributed by atoms with Crippen LogP contribution in [-0.2, 0) is 0 Å². The second kappa shape index (κ2) is 19.8. The summed E-state index contributed by atoms with van der Waals surface area (Å²) >= 11 is 0. The molecule has 0 radical (unpaired) electrons. The minimum absolute atomic E-state index is 0.208. The Kier molecular flexibility index (Phi) is 12.7. The number of rotatable bonds is 12. The normalized spacial score (nSPS) is 12.0. The van der Waals surface area contributed by atoms with Gasteiger partial charge in [0.2, 0.25) is 0 Å². The summed E-state index contributed by atoms with van der Waals surface area (Å²) in [7, 11) is -3.55. The summed E-state index contributed by atoms with van der Waals surface area (Å²) in [6, 6.07) is 73.5. The molecule has 12 aromatic carbocycles. The molecule has 0 saturated carbocycles. The molecule has 0 aromatic heterocycles. The summed E-state index contributed by atoms with van der Waals surface area (Å²) in [5.74, 6) is -2.79. The maximum Gasteiger partial charge on any atom is 0.150 e. The first-order valence-electron chi connectivity index (χ1n) is 26.4. The molecule has 0 amide bonds. The summed E-state index contributed by atoms with van der Waals surface area (Å²) in [5.41, 5.74) is 8.88. The number of halogens is 4. The SMILES string of the molecule is C[Si](C)(C)c1ccc(N(c2c(F)cc(F)cc2-c2ccccc2-c2ccccc2)c2ccc3ccc4c(N(c5ccc([Si](C)(C)C)cc5)c5c(F)cc(F)cc5-c5ccccc5-c5ccccc5)ccc5ccc2c3c54)cc1. The average molecular weight is 1060 g/mol. The third kappa shape index (κ3) is 9.04. The van der Waals surface area contributed by atoms with E-state index in [-0.39, 0.29) is 11.4 Å². The molecule has 0 bridgehead atoms. The molecule has 0 spiro atoms. The highest BCUT2D eigenvalue weighted by Gasteiger charge is 2.30. The molecule has 12 aromatic rings. The Morgan fingerprint density at radius 2 is 0.641 bits per heavy atom. The van der Waals surface area contributed by atoms with Crippen molar-refractivity contribution in [1.82, 2.24) is 0 Å². The van der Waals surface area contributed by atoms with Gasteiger partial charge in [0.25, 0.3) is 0 Å². The molecule has 8 heteroatoms. The van der Waals surface area contributed by atoms with Crippen molar-refractivity contribution in [3.63, 3.8) is 0 Å². The lowest BCUT2D eigenvalue weighted by atomic mass is 9.90. The van der Waals surface area contributed by atoms with Gasteiger partial charge in [-0.15, -0.1) is 0 Å². The van der Waals surface area contributed by atoms with Crippen LogP contribution in [0.15, 0.2) is 231 Å². The maximum absolute atomic E-state index is 17.6. The van der Waals surface area contributed by atoms with E-state index in [9.17, 15) is 0 Å². The minimum atomic E-state index is -1.77. The number of benzene rings is 12. The Labute approximate surface area is 455 Å². The van der Waals surface area contributed by atoms with Crippen molar-refractivity contribution in [2.24, 2.45) is 0 Å². The second-order valence-corrected chi connectivity index (χ2v) is 32.4. The largest absolute Gasteiger partial charge is 0.307 e. The Morgan fingerprint density at radius 3 is 1.00 bits per heavy atom. The Hall–Kier alpha value is -8.57. The summed E-state index contributed by atoms with van der Waals surface area (Å²) in [5, 5.41) is 7.89. The van der Waals surface area contributed by atoms with Crippen molar-refractivity contribution in [1.29, 1.82) is 0 Å². The highest BCUT2D eigenvalue weighted by Crippen LogP contribution is 2.52. The van der Waals surface area contributed by atoms with Gasteiger partial charge in [-0.05, 0) is 103 Å². The molecule has 0 aliphatic heterocycles. The molecule has 382 valence electrons. The van der Waals surface area contributed by atoms with Crippen LogP contribution in [0.4, 0.5) is 51.7 Å². The van der Waals surface area contributed by atoms with Crippen LogP contribution >= 0.6 is 0 Å². The van der Waals surface area contributed by atoms with Gasteiger partial charge in [0.1, 0.15) is 11.6 Å². The Morgan fingerprint density at radius 1 is 0.308 bits per heavy atom. The highest BCUT2D eigenvalue weighted by atomic mass is 28.3. The van der Waals surface area contributed by atoms with E-state index in [4.69, 9.17) is 0 Å².